The van der Waals surface area contributed by atoms with Gasteiger partial charge < -0.3 is 15.1 Å². The van der Waals surface area contributed by atoms with Crippen molar-refractivity contribution in [1.82, 2.24) is 4.90 Å². The Balaban J connectivity index is 1.70. The van der Waals surface area contributed by atoms with Gasteiger partial charge in [0.2, 0.25) is 0 Å². The number of benzene rings is 1. The Labute approximate surface area is 144 Å². The van der Waals surface area contributed by atoms with E-state index in [1.807, 2.05) is 30.3 Å². The Kier molecular flexibility index (Phi) is 4.97. The van der Waals surface area contributed by atoms with E-state index in [1.165, 1.54) is 6.07 Å². The van der Waals surface area contributed by atoms with Crippen molar-refractivity contribution < 1.29 is 19.8 Å². The van der Waals surface area contributed by atoms with Crippen LogP contribution in [0.2, 0.25) is 0 Å². The largest absolute Gasteiger partial charge is 0.477 e. The first kappa shape index (κ1) is 16.7. The second-order valence-corrected chi connectivity index (χ2v) is 7.01. The number of nitrogens with zero attached hydrogens (tertiary/aromatic N) is 1. The molecule has 0 radical (unpaired) electrons. The first-order valence-electron chi connectivity index (χ1n) is 7.93. The van der Waals surface area contributed by atoms with Gasteiger partial charge in [-0.2, -0.15) is 0 Å². The highest BCUT2D eigenvalue weighted by molar-refractivity contribution is 7.15. The maximum absolute atomic E-state index is 12.7. The van der Waals surface area contributed by atoms with E-state index in [2.05, 4.69) is 0 Å². The fourth-order valence-corrected chi connectivity index (χ4v) is 3.93. The molecule has 1 aromatic carbocycles. The molecule has 0 spiro atoms. The maximum Gasteiger partial charge on any atom is 0.345 e. The molecule has 1 aliphatic rings. The molecule has 24 heavy (non-hydrogen) atoms. The number of aliphatic hydroxyl groups is 1. The Morgan fingerprint density at radius 3 is 2.54 bits per heavy atom. The summed E-state index contributed by atoms with van der Waals surface area (Å²) in [4.78, 5) is 26.0. The third-order valence-corrected chi connectivity index (χ3v) is 5.41. The molecule has 2 heterocycles. The van der Waals surface area contributed by atoms with E-state index in [-0.39, 0.29) is 16.8 Å². The molecular formula is C18H19NO4S. The topological polar surface area (TPSA) is 77.8 Å². The van der Waals surface area contributed by atoms with E-state index >= 15 is 0 Å². The van der Waals surface area contributed by atoms with Crippen molar-refractivity contribution in [3.63, 3.8) is 0 Å². The molecule has 6 heteroatoms. The predicted octanol–water partition coefficient (Wildman–Crippen LogP) is 3.17. The number of aliphatic hydroxyl groups excluding tert-OH is 1. The second-order valence-electron chi connectivity index (χ2n) is 5.93. The number of likely N-dealkylation sites (tertiary alicyclic amines) is 1. The number of aromatic carboxylic acids is 1. The van der Waals surface area contributed by atoms with Gasteiger partial charge in [0, 0.05) is 12.6 Å². The van der Waals surface area contributed by atoms with E-state index in [9.17, 15) is 14.7 Å². The van der Waals surface area contributed by atoms with Crippen LogP contribution in [0.4, 0.5) is 0 Å². The monoisotopic (exact) mass is 345 g/mol. The maximum atomic E-state index is 12.7. The average Bonchev–Trinajstić information content (AvgIpc) is 3.24. The summed E-state index contributed by atoms with van der Waals surface area (Å²) in [5, 5.41) is 19.4. The molecule has 1 saturated heterocycles. The molecule has 3 rings (SSSR count). The van der Waals surface area contributed by atoms with Crippen LogP contribution in [-0.4, -0.2) is 39.6 Å². The van der Waals surface area contributed by atoms with E-state index in [0.29, 0.717) is 17.8 Å². The minimum absolute atomic E-state index is 0.0249. The fourth-order valence-electron chi connectivity index (χ4n) is 3.13. The fraction of sp³-hybridized carbons (Fsp3) is 0.333. The molecule has 1 aromatic heterocycles. The number of carbonyl (C=O) groups excluding carboxylic acids is 1. The molecule has 0 bridgehead atoms. The van der Waals surface area contributed by atoms with E-state index < -0.39 is 12.1 Å². The molecule has 2 unspecified atom stereocenters. The lowest BCUT2D eigenvalue weighted by molar-refractivity contribution is 0.0669. The van der Waals surface area contributed by atoms with Gasteiger partial charge in [0.25, 0.3) is 5.91 Å². The van der Waals surface area contributed by atoms with Crippen molar-refractivity contribution in [1.29, 1.82) is 0 Å². The molecular weight excluding hydrogens is 326 g/mol. The quantitative estimate of drug-likeness (QED) is 0.872. The molecule has 1 fully saturated rings. The van der Waals surface area contributed by atoms with Crippen molar-refractivity contribution >= 4 is 23.2 Å². The number of carboxylic acids is 1. The Morgan fingerprint density at radius 2 is 1.88 bits per heavy atom. The van der Waals surface area contributed by atoms with Crippen LogP contribution in [0, 0.1) is 0 Å². The third-order valence-electron chi connectivity index (χ3n) is 4.35. The number of carboxylic acid groups (broad SMARTS) is 1. The number of amides is 1. The second kappa shape index (κ2) is 7.15. The molecule has 126 valence electrons. The van der Waals surface area contributed by atoms with E-state index in [4.69, 9.17) is 5.11 Å². The number of carbonyl (C=O) groups is 2. The highest BCUT2D eigenvalue weighted by Gasteiger charge is 2.32. The van der Waals surface area contributed by atoms with Crippen LogP contribution < -0.4 is 0 Å². The van der Waals surface area contributed by atoms with Crippen molar-refractivity contribution in [2.45, 2.75) is 31.4 Å². The van der Waals surface area contributed by atoms with Gasteiger partial charge in [0.15, 0.2) is 0 Å². The third kappa shape index (κ3) is 3.49. The summed E-state index contributed by atoms with van der Waals surface area (Å²) >= 11 is 1.000. The van der Waals surface area contributed by atoms with Gasteiger partial charge in [-0.3, -0.25) is 4.79 Å². The highest BCUT2D eigenvalue weighted by atomic mass is 32.1. The smallest absolute Gasteiger partial charge is 0.345 e. The summed E-state index contributed by atoms with van der Waals surface area (Å²) in [5.41, 5.74) is 0.848. The van der Waals surface area contributed by atoms with Gasteiger partial charge in [0.1, 0.15) is 4.88 Å². The highest BCUT2D eigenvalue weighted by Crippen LogP contribution is 2.30. The van der Waals surface area contributed by atoms with E-state index in [1.54, 1.807) is 11.0 Å². The normalized spacial score (nSPS) is 18.5. The first-order chi connectivity index (χ1) is 11.6. The zero-order chi connectivity index (χ0) is 17.1. The Morgan fingerprint density at radius 1 is 1.17 bits per heavy atom. The molecule has 0 aliphatic carbocycles. The zero-order valence-electron chi connectivity index (χ0n) is 13.1. The molecule has 1 amide bonds. The lowest BCUT2D eigenvalue weighted by atomic mass is 10.0. The van der Waals surface area contributed by atoms with Gasteiger partial charge in [-0.05, 0) is 37.0 Å². The minimum Gasteiger partial charge on any atom is -0.477 e. The lowest BCUT2D eigenvalue weighted by Gasteiger charge is -2.26. The molecule has 1 aliphatic heterocycles. The molecule has 2 aromatic rings. The van der Waals surface area contributed by atoms with Crippen LogP contribution in [0.3, 0.4) is 0 Å². The van der Waals surface area contributed by atoms with Crippen LogP contribution in [-0.2, 0) is 0 Å². The average molecular weight is 345 g/mol. The van der Waals surface area contributed by atoms with Gasteiger partial charge in [-0.15, -0.1) is 11.3 Å². The molecule has 2 N–H and O–H groups in total. The van der Waals surface area contributed by atoms with Gasteiger partial charge >= 0.3 is 5.97 Å². The van der Waals surface area contributed by atoms with Crippen LogP contribution >= 0.6 is 11.3 Å². The van der Waals surface area contributed by atoms with Crippen molar-refractivity contribution in [2.75, 3.05) is 6.54 Å². The first-order valence-corrected chi connectivity index (χ1v) is 8.75. The Bertz CT molecular complexity index is 728. The van der Waals surface area contributed by atoms with Gasteiger partial charge in [-0.25, -0.2) is 4.79 Å². The van der Waals surface area contributed by atoms with Crippen molar-refractivity contribution in [2.24, 2.45) is 0 Å². The summed E-state index contributed by atoms with van der Waals surface area (Å²) in [5.74, 6) is -1.16. The van der Waals surface area contributed by atoms with E-state index in [0.717, 1.165) is 29.7 Å². The Hall–Kier alpha value is -2.18. The SMILES string of the molecule is O=C(O)c1ccc(C(=O)N2CCCC2CC(O)c2ccccc2)s1. The zero-order valence-corrected chi connectivity index (χ0v) is 13.9. The van der Waals surface area contributed by atoms with Crippen LogP contribution in [0.25, 0.3) is 0 Å². The standard InChI is InChI=1S/C18H19NO4S/c20-14(12-5-2-1-3-6-12)11-13-7-4-10-19(13)17(21)15-8-9-16(24-15)18(22)23/h1-3,5-6,8-9,13-14,20H,4,7,10-11H2,(H,22,23). The van der Waals surface area contributed by atoms with Crippen LogP contribution in [0.5, 0.6) is 0 Å². The van der Waals surface area contributed by atoms with Crippen LogP contribution in [0.15, 0.2) is 42.5 Å². The minimum atomic E-state index is -1.02. The molecule has 2 atom stereocenters. The summed E-state index contributed by atoms with van der Waals surface area (Å²) in [6.07, 6.45) is 1.64. The van der Waals surface area contributed by atoms with Crippen molar-refractivity contribution in [3.8, 4) is 0 Å². The summed E-state index contributed by atoms with van der Waals surface area (Å²) in [7, 11) is 0. The molecule has 0 saturated carbocycles. The van der Waals surface area contributed by atoms with Gasteiger partial charge in [-0.1, -0.05) is 30.3 Å². The summed E-state index contributed by atoms with van der Waals surface area (Å²) in [6.45, 7) is 0.644. The van der Waals surface area contributed by atoms with Crippen molar-refractivity contribution in [3.05, 3.63) is 57.8 Å². The summed E-state index contributed by atoms with van der Waals surface area (Å²) < 4.78 is 0. The van der Waals surface area contributed by atoms with Gasteiger partial charge in [0.05, 0.1) is 11.0 Å². The number of thiophene rings is 1. The number of hydrogen-bond acceptors (Lipinski definition) is 4. The number of hydrogen-bond donors (Lipinski definition) is 2. The van der Waals surface area contributed by atoms with Crippen LogP contribution in [0.1, 0.15) is 50.3 Å². The predicted molar refractivity (Wildman–Crippen MR) is 91.4 cm³/mol. The summed E-state index contributed by atoms with van der Waals surface area (Å²) in [6, 6.07) is 12.4. The number of rotatable bonds is 5. The molecule has 5 nitrogen and oxygen atoms in total. The lowest BCUT2D eigenvalue weighted by Crippen LogP contribution is -2.36.